The second kappa shape index (κ2) is 25.5. The third-order valence-electron chi connectivity index (χ3n) is 13.9. The molecule has 1 nitrogen and oxygen atoms in total. The molecular weight excluding hydrogens is 831 g/mol. The molecule has 1 aromatic heterocycles. The highest BCUT2D eigenvalue weighted by Gasteiger charge is 2.38. The zero-order chi connectivity index (χ0) is 49.2. The van der Waals surface area contributed by atoms with E-state index in [9.17, 15) is 0 Å². The normalized spacial score (nSPS) is 15.9. The van der Waals surface area contributed by atoms with Crippen molar-refractivity contribution in [3.63, 3.8) is 0 Å². The molecule has 5 aromatic carbocycles. The third-order valence-corrected chi connectivity index (χ3v) is 13.9. The van der Waals surface area contributed by atoms with Gasteiger partial charge in [-0.3, -0.25) is 4.98 Å². The van der Waals surface area contributed by atoms with Crippen LogP contribution in [0, 0.1) is 13.8 Å². The molecule has 2 aliphatic rings. The SMILES string of the molecule is C=C(/C=C\C=C/C)C(=C)/C=C(/c1ccccc1)c1cc(C2CC=C(C3(c4ccc(-c5ccc(C)c(/C(=C\C(=C)c6ccccn6)c6ccccc6)c5)cc4)CCCCC3)CC2)ccc1C.CC.CC. The van der Waals surface area contributed by atoms with Crippen LogP contribution in [0.4, 0.5) is 0 Å². The summed E-state index contributed by atoms with van der Waals surface area (Å²) in [4.78, 5) is 4.59. The number of hydrogen-bond acceptors (Lipinski definition) is 1. The van der Waals surface area contributed by atoms with Crippen LogP contribution < -0.4 is 0 Å². The minimum atomic E-state index is 0.0982. The Balaban J connectivity index is 0.00000191. The predicted molar refractivity (Wildman–Crippen MR) is 302 cm³/mol. The van der Waals surface area contributed by atoms with Crippen molar-refractivity contribution in [2.75, 3.05) is 0 Å². The zero-order valence-corrected chi connectivity index (χ0v) is 42.7. The number of hydrogen-bond donors (Lipinski definition) is 0. The first-order valence-electron chi connectivity index (χ1n) is 25.6. The minimum Gasteiger partial charge on any atom is -0.256 e. The van der Waals surface area contributed by atoms with Gasteiger partial charge in [0.15, 0.2) is 0 Å². The second-order valence-electron chi connectivity index (χ2n) is 18.0. The first-order valence-corrected chi connectivity index (χ1v) is 25.6. The Morgan fingerprint density at radius 3 is 1.80 bits per heavy atom. The van der Waals surface area contributed by atoms with Gasteiger partial charge in [0.2, 0.25) is 0 Å². The van der Waals surface area contributed by atoms with E-state index in [2.05, 4.69) is 178 Å². The van der Waals surface area contributed by atoms with Crippen LogP contribution in [0.3, 0.4) is 0 Å². The van der Waals surface area contributed by atoms with Crippen molar-refractivity contribution in [2.24, 2.45) is 0 Å². The number of allylic oxidation sites excluding steroid dienone is 11. The maximum absolute atomic E-state index is 4.59. The largest absolute Gasteiger partial charge is 0.256 e. The highest BCUT2D eigenvalue weighted by Crippen LogP contribution is 2.50. The highest BCUT2D eigenvalue weighted by atomic mass is 14.7. The van der Waals surface area contributed by atoms with Crippen LogP contribution in [0.1, 0.15) is 142 Å². The van der Waals surface area contributed by atoms with Crippen molar-refractivity contribution < 1.29 is 0 Å². The van der Waals surface area contributed by atoms with Crippen LogP contribution in [-0.4, -0.2) is 4.98 Å². The quantitative estimate of drug-likeness (QED) is 0.0784. The average molecular weight is 906 g/mol. The summed E-state index contributed by atoms with van der Waals surface area (Å²) in [5.41, 5.74) is 20.4. The molecule has 1 unspecified atom stereocenters. The van der Waals surface area contributed by atoms with Crippen LogP contribution in [0.15, 0.2) is 225 Å². The van der Waals surface area contributed by atoms with E-state index in [-0.39, 0.29) is 5.41 Å². The summed E-state index contributed by atoms with van der Waals surface area (Å²) in [6, 6.07) is 51.1. The molecule has 0 radical (unpaired) electrons. The lowest BCUT2D eigenvalue weighted by Crippen LogP contribution is -2.32. The Bertz CT molecular complexity index is 2800. The van der Waals surface area contributed by atoms with Crippen LogP contribution in [-0.2, 0) is 5.41 Å². The number of pyridine rings is 1. The van der Waals surface area contributed by atoms with E-state index in [4.69, 9.17) is 0 Å². The Hall–Kier alpha value is -6.83. The van der Waals surface area contributed by atoms with Crippen molar-refractivity contribution in [1.82, 2.24) is 4.98 Å². The van der Waals surface area contributed by atoms with Gasteiger partial charge in [-0.05, 0) is 173 Å². The molecule has 1 heterocycles. The van der Waals surface area contributed by atoms with Gasteiger partial charge in [0, 0.05) is 11.6 Å². The Kier molecular flexibility index (Phi) is 19.1. The first-order chi connectivity index (χ1) is 33.7. The van der Waals surface area contributed by atoms with Gasteiger partial charge in [0.1, 0.15) is 0 Å². The third kappa shape index (κ3) is 12.6. The lowest BCUT2D eigenvalue weighted by molar-refractivity contribution is 0.323. The number of nitrogens with zero attached hydrogens (tertiary/aromatic N) is 1. The maximum Gasteiger partial charge on any atom is 0.0696 e. The summed E-state index contributed by atoms with van der Waals surface area (Å²) in [6.07, 6.45) is 26.7. The molecule has 0 aliphatic heterocycles. The van der Waals surface area contributed by atoms with Gasteiger partial charge in [0.25, 0.3) is 0 Å². The smallest absolute Gasteiger partial charge is 0.0696 e. The highest BCUT2D eigenvalue weighted by molar-refractivity contribution is 5.91. The lowest BCUT2D eigenvalue weighted by Gasteiger charge is -2.42. The van der Waals surface area contributed by atoms with Crippen LogP contribution >= 0.6 is 0 Å². The summed E-state index contributed by atoms with van der Waals surface area (Å²) in [6.45, 7) is 27.7. The van der Waals surface area contributed by atoms with Crippen molar-refractivity contribution in [2.45, 2.75) is 111 Å². The summed E-state index contributed by atoms with van der Waals surface area (Å²) in [5.74, 6) is 0.478. The number of rotatable bonds is 14. The first kappa shape index (κ1) is 51.6. The van der Waals surface area contributed by atoms with E-state index in [1.807, 2.05) is 83.3 Å². The number of benzene rings is 5. The summed E-state index contributed by atoms with van der Waals surface area (Å²) >= 11 is 0. The molecule has 8 rings (SSSR count). The van der Waals surface area contributed by atoms with Crippen molar-refractivity contribution in [1.29, 1.82) is 0 Å². The predicted octanol–water partition coefficient (Wildman–Crippen LogP) is 19.3. The number of aryl methyl sites for hydroxylation is 2. The Morgan fingerprint density at radius 2 is 1.20 bits per heavy atom. The molecule has 1 heteroatoms. The maximum atomic E-state index is 4.59. The monoisotopic (exact) mass is 906 g/mol. The molecule has 69 heavy (non-hydrogen) atoms. The van der Waals surface area contributed by atoms with Crippen molar-refractivity contribution >= 4 is 16.7 Å². The lowest BCUT2D eigenvalue weighted by atomic mass is 9.62. The van der Waals surface area contributed by atoms with Crippen LogP contribution in [0.2, 0.25) is 0 Å². The van der Waals surface area contributed by atoms with Crippen molar-refractivity contribution in [3.05, 3.63) is 275 Å². The minimum absolute atomic E-state index is 0.0982. The van der Waals surface area contributed by atoms with Gasteiger partial charge in [0.05, 0.1) is 5.69 Å². The fraction of sp³-hybridized carbons (Fsp3) is 0.250. The molecule has 0 spiro atoms. The van der Waals surface area contributed by atoms with E-state index in [0.29, 0.717) is 5.92 Å². The molecule has 6 aromatic rings. The van der Waals surface area contributed by atoms with Crippen LogP contribution in [0.5, 0.6) is 0 Å². The Morgan fingerprint density at radius 1 is 0.609 bits per heavy atom. The van der Waals surface area contributed by atoms with E-state index in [0.717, 1.165) is 52.8 Å². The standard InChI is InChI=1S/C64H63N.2C2H6/c1-7-8-12-21-46(2)49(5)42-61(53-22-13-9-14-23-53)59-44-55(29-27-47(59)3)51-31-35-57(36-32-51)64(39-18-11-19-40-64)58-37-33-52(34-38-58)56-30-28-48(4)60(45-56)62(54-24-15-10-16-25-54)43-50(6)63-26-17-20-41-65-63;2*1-2/h7-10,12-17,20-30,33-35,37-38,41-45,51H,2,5-6,11,18-19,31-32,36,39-40H2,1,3-4H3;2*1-2H3/b8-7-,21-12-,61-42-,62-43-;;. The molecule has 0 saturated heterocycles. The van der Waals surface area contributed by atoms with Gasteiger partial charge in [-0.1, -0.05) is 224 Å². The molecule has 1 atom stereocenters. The molecule has 0 bridgehead atoms. The summed E-state index contributed by atoms with van der Waals surface area (Å²) in [7, 11) is 0. The van der Waals surface area contributed by atoms with Gasteiger partial charge >= 0.3 is 0 Å². The second-order valence-corrected chi connectivity index (χ2v) is 18.0. The van der Waals surface area contributed by atoms with E-state index >= 15 is 0 Å². The molecular formula is C68H75N. The van der Waals surface area contributed by atoms with Gasteiger partial charge in [-0.25, -0.2) is 0 Å². The molecule has 1 fully saturated rings. The van der Waals surface area contributed by atoms with Crippen molar-refractivity contribution in [3.8, 4) is 11.1 Å². The van der Waals surface area contributed by atoms with Crippen LogP contribution in [0.25, 0.3) is 27.8 Å². The summed E-state index contributed by atoms with van der Waals surface area (Å²) in [5, 5.41) is 0. The Labute approximate surface area is 416 Å². The average Bonchev–Trinajstić information content (AvgIpc) is 3.42. The van der Waals surface area contributed by atoms with Gasteiger partial charge < -0.3 is 0 Å². The van der Waals surface area contributed by atoms with Gasteiger partial charge in [-0.15, -0.1) is 0 Å². The molecule has 0 amide bonds. The molecule has 2 aliphatic carbocycles. The fourth-order valence-electron chi connectivity index (χ4n) is 10.1. The molecule has 0 N–H and O–H groups in total. The van der Waals surface area contributed by atoms with E-state index < -0.39 is 0 Å². The van der Waals surface area contributed by atoms with E-state index in [1.54, 1.807) is 5.57 Å². The van der Waals surface area contributed by atoms with E-state index in [1.165, 1.54) is 87.7 Å². The summed E-state index contributed by atoms with van der Waals surface area (Å²) < 4.78 is 0. The number of aromatic nitrogens is 1. The fourth-order valence-corrected chi connectivity index (χ4v) is 10.1. The molecule has 352 valence electrons. The topological polar surface area (TPSA) is 12.9 Å². The zero-order valence-electron chi connectivity index (χ0n) is 42.7. The van der Waals surface area contributed by atoms with Gasteiger partial charge in [-0.2, -0.15) is 0 Å². The molecule has 1 saturated carbocycles.